The normalized spacial score (nSPS) is 14.3. The molecule has 3 rings (SSSR count). The molecule has 2 aromatic heterocycles. The maximum absolute atomic E-state index is 11.1. The third-order valence-corrected chi connectivity index (χ3v) is 3.66. The van der Waals surface area contributed by atoms with Crippen molar-refractivity contribution in [2.24, 2.45) is 0 Å². The summed E-state index contributed by atoms with van der Waals surface area (Å²) in [6.07, 6.45) is 3.79. The van der Waals surface area contributed by atoms with Crippen LogP contribution in [0.25, 0.3) is 0 Å². The minimum Gasteiger partial charge on any atom is -0.478 e. The summed E-state index contributed by atoms with van der Waals surface area (Å²) < 4.78 is 0. The molecule has 1 fully saturated rings. The van der Waals surface area contributed by atoms with Gasteiger partial charge in [-0.3, -0.25) is 0 Å². The number of hydrogen-bond acceptors (Lipinski definition) is 6. The number of aromatic nitrogens is 2. The Balaban J connectivity index is 1.87. The minimum atomic E-state index is -1.07. The number of rotatable bonds is 4. The van der Waals surface area contributed by atoms with E-state index in [-0.39, 0.29) is 11.4 Å². The van der Waals surface area contributed by atoms with Crippen molar-refractivity contribution in [3.63, 3.8) is 0 Å². The first-order chi connectivity index (χ1) is 9.13. The van der Waals surface area contributed by atoms with E-state index >= 15 is 0 Å². The topological polar surface area (TPSA) is 101 Å². The molecule has 7 heteroatoms. The van der Waals surface area contributed by atoms with E-state index in [0.717, 1.165) is 5.69 Å². The van der Waals surface area contributed by atoms with E-state index in [1.165, 1.54) is 36.4 Å². The van der Waals surface area contributed by atoms with Crippen LogP contribution in [0.3, 0.4) is 0 Å². The van der Waals surface area contributed by atoms with Crippen molar-refractivity contribution in [2.75, 3.05) is 11.1 Å². The molecule has 0 bridgehead atoms. The molecule has 1 aliphatic rings. The highest BCUT2D eigenvalue weighted by Gasteiger charge is 2.26. The van der Waals surface area contributed by atoms with Gasteiger partial charge in [0.1, 0.15) is 11.4 Å². The van der Waals surface area contributed by atoms with Crippen LogP contribution in [0.2, 0.25) is 0 Å². The van der Waals surface area contributed by atoms with Crippen LogP contribution in [0.5, 0.6) is 0 Å². The summed E-state index contributed by atoms with van der Waals surface area (Å²) in [5.74, 6) is -0.232. The fraction of sp³-hybridized carbons (Fsp3) is 0.250. The van der Waals surface area contributed by atoms with Crippen LogP contribution in [0.15, 0.2) is 17.6 Å². The van der Waals surface area contributed by atoms with Crippen molar-refractivity contribution in [1.29, 1.82) is 0 Å². The molecule has 2 heterocycles. The molecule has 98 valence electrons. The minimum absolute atomic E-state index is 0.0446. The fourth-order valence-corrected chi connectivity index (χ4v) is 2.55. The van der Waals surface area contributed by atoms with Crippen molar-refractivity contribution in [1.82, 2.24) is 9.97 Å². The molecule has 0 aromatic carbocycles. The predicted molar refractivity (Wildman–Crippen MR) is 73.0 cm³/mol. The van der Waals surface area contributed by atoms with Crippen LogP contribution < -0.4 is 11.1 Å². The van der Waals surface area contributed by atoms with Crippen LogP contribution in [-0.2, 0) is 0 Å². The second kappa shape index (κ2) is 4.51. The first kappa shape index (κ1) is 11.9. The van der Waals surface area contributed by atoms with Gasteiger partial charge >= 0.3 is 5.97 Å². The van der Waals surface area contributed by atoms with Crippen LogP contribution in [-0.4, -0.2) is 21.0 Å². The zero-order valence-electron chi connectivity index (χ0n) is 9.96. The number of anilines is 3. The van der Waals surface area contributed by atoms with Crippen molar-refractivity contribution in [3.05, 3.63) is 28.9 Å². The van der Waals surface area contributed by atoms with E-state index in [2.05, 4.69) is 15.3 Å². The van der Waals surface area contributed by atoms with Gasteiger partial charge < -0.3 is 16.2 Å². The first-order valence-corrected chi connectivity index (χ1v) is 6.72. The standard InChI is InChI=1S/C12H12N4O2S/c13-7-3-8(11(17)18)10(14-4-7)16-12-15-9(5-19-12)6-1-2-6/h3-6H,1-2,13H2,(H,17,18)(H,14,15,16). The number of pyridine rings is 1. The number of thiazole rings is 1. The molecule has 0 unspecified atom stereocenters. The second-order valence-electron chi connectivity index (χ2n) is 4.45. The lowest BCUT2D eigenvalue weighted by atomic mass is 10.2. The summed E-state index contributed by atoms with van der Waals surface area (Å²) in [6.45, 7) is 0. The van der Waals surface area contributed by atoms with Crippen molar-refractivity contribution < 1.29 is 9.90 Å². The zero-order chi connectivity index (χ0) is 13.4. The fourth-order valence-electron chi connectivity index (χ4n) is 1.76. The Hall–Kier alpha value is -2.15. The highest BCUT2D eigenvalue weighted by Crippen LogP contribution is 2.41. The number of nitrogens with two attached hydrogens (primary N) is 1. The molecule has 0 aliphatic heterocycles. The molecular weight excluding hydrogens is 264 g/mol. The Kier molecular flexibility index (Phi) is 2.83. The Morgan fingerprint density at radius 1 is 1.53 bits per heavy atom. The number of nitrogens with zero attached hydrogens (tertiary/aromatic N) is 2. The lowest BCUT2D eigenvalue weighted by Crippen LogP contribution is -2.06. The number of nitrogens with one attached hydrogen (secondary N) is 1. The smallest absolute Gasteiger partial charge is 0.339 e. The number of carbonyl (C=O) groups is 1. The summed E-state index contributed by atoms with van der Waals surface area (Å²) >= 11 is 1.45. The number of aromatic carboxylic acids is 1. The van der Waals surface area contributed by atoms with Gasteiger partial charge in [0.2, 0.25) is 0 Å². The maximum atomic E-state index is 11.1. The molecule has 4 N–H and O–H groups in total. The first-order valence-electron chi connectivity index (χ1n) is 5.85. The number of carboxylic acid groups (broad SMARTS) is 1. The largest absolute Gasteiger partial charge is 0.478 e. The summed E-state index contributed by atoms with van der Waals surface area (Å²) in [4.78, 5) is 19.6. The Morgan fingerprint density at radius 2 is 2.32 bits per heavy atom. The van der Waals surface area contributed by atoms with E-state index < -0.39 is 5.97 Å². The van der Waals surface area contributed by atoms with Gasteiger partial charge in [-0.2, -0.15) is 0 Å². The number of nitrogen functional groups attached to an aromatic ring is 1. The van der Waals surface area contributed by atoms with E-state index in [9.17, 15) is 4.79 Å². The van der Waals surface area contributed by atoms with Crippen LogP contribution >= 0.6 is 11.3 Å². The number of hydrogen-bond donors (Lipinski definition) is 3. The van der Waals surface area contributed by atoms with Gasteiger partial charge in [-0.05, 0) is 18.9 Å². The Morgan fingerprint density at radius 3 is 3.00 bits per heavy atom. The van der Waals surface area contributed by atoms with E-state index in [4.69, 9.17) is 10.8 Å². The highest BCUT2D eigenvalue weighted by molar-refractivity contribution is 7.13. The van der Waals surface area contributed by atoms with Gasteiger partial charge in [-0.1, -0.05) is 0 Å². The zero-order valence-corrected chi connectivity index (χ0v) is 10.8. The highest BCUT2D eigenvalue weighted by atomic mass is 32.1. The van der Waals surface area contributed by atoms with Gasteiger partial charge in [0, 0.05) is 11.3 Å². The van der Waals surface area contributed by atoms with Gasteiger partial charge in [0.25, 0.3) is 0 Å². The second-order valence-corrected chi connectivity index (χ2v) is 5.30. The molecule has 0 spiro atoms. The molecule has 0 radical (unpaired) electrons. The third-order valence-electron chi connectivity index (χ3n) is 2.88. The number of carboxylic acids is 1. The van der Waals surface area contributed by atoms with Crippen molar-refractivity contribution in [3.8, 4) is 0 Å². The quantitative estimate of drug-likeness (QED) is 0.792. The average Bonchev–Trinajstić information content (AvgIpc) is 3.12. The lowest BCUT2D eigenvalue weighted by molar-refractivity contribution is 0.0697. The summed E-state index contributed by atoms with van der Waals surface area (Å²) in [6, 6.07) is 1.38. The van der Waals surface area contributed by atoms with E-state index in [0.29, 0.717) is 16.7 Å². The SMILES string of the molecule is Nc1cnc(Nc2nc(C3CC3)cs2)c(C(=O)O)c1. The lowest BCUT2D eigenvalue weighted by Gasteiger charge is -2.06. The van der Waals surface area contributed by atoms with Crippen molar-refractivity contribution in [2.45, 2.75) is 18.8 Å². The molecule has 0 atom stereocenters. The molecule has 6 nitrogen and oxygen atoms in total. The van der Waals surface area contributed by atoms with E-state index in [1.807, 2.05) is 5.38 Å². The molecule has 1 saturated carbocycles. The van der Waals surface area contributed by atoms with Gasteiger partial charge in [0.05, 0.1) is 17.6 Å². The van der Waals surface area contributed by atoms with Gasteiger partial charge in [-0.25, -0.2) is 14.8 Å². The molecule has 0 saturated heterocycles. The predicted octanol–water partition coefficient (Wildman–Crippen LogP) is 2.44. The monoisotopic (exact) mass is 276 g/mol. The molecule has 1 aliphatic carbocycles. The van der Waals surface area contributed by atoms with Crippen molar-refractivity contribution >= 4 is 33.9 Å². The summed E-state index contributed by atoms with van der Waals surface area (Å²) in [5.41, 5.74) is 6.98. The molecule has 2 aromatic rings. The van der Waals surface area contributed by atoms with Gasteiger partial charge in [0.15, 0.2) is 5.13 Å². The van der Waals surface area contributed by atoms with Crippen LogP contribution in [0, 0.1) is 0 Å². The average molecular weight is 276 g/mol. The van der Waals surface area contributed by atoms with Gasteiger partial charge in [-0.15, -0.1) is 11.3 Å². The Bertz CT molecular complexity index is 636. The molecule has 19 heavy (non-hydrogen) atoms. The van der Waals surface area contributed by atoms with Crippen LogP contribution in [0.1, 0.15) is 34.8 Å². The summed E-state index contributed by atoms with van der Waals surface area (Å²) in [7, 11) is 0. The third kappa shape index (κ3) is 2.50. The Labute approximate surface area is 113 Å². The van der Waals surface area contributed by atoms with E-state index in [1.54, 1.807) is 0 Å². The summed E-state index contributed by atoms with van der Waals surface area (Å²) in [5, 5.41) is 14.7. The maximum Gasteiger partial charge on any atom is 0.339 e. The molecule has 0 amide bonds. The molecular formula is C12H12N4O2S. The van der Waals surface area contributed by atoms with Crippen LogP contribution in [0.4, 0.5) is 16.6 Å².